The lowest BCUT2D eigenvalue weighted by Crippen LogP contribution is -2.20. The molecule has 26 heavy (non-hydrogen) atoms. The van der Waals surface area contributed by atoms with E-state index in [4.69, 9.17) is 21.1 Å². The van der Waals surface area contributed by atoms with E-state index >= 15 is 0 Å². The molecular weight excluding hydrogens is 398 g/mol. The van der Waals surface area contributed by atoms with Gasteiger partial charge in [0.2, 0.25) is 10.0 Å². The molecule has 0 fully saturated rings. The first kappa shape index (κ1) is 20.6. The minimum Gasteiger partial charge on any atom is -0.495 e. The summed E-state index contributed by atoms with van der Waals surface area (Å²) in [4.78, 5) is 13.1. The standard InChI is InChI=1S/C17H18ClNO5S2/c1-19-26(21,22)16-11-12(3-8-15(16)23-2)17(20)24-9-10-25-14-6-4-13(18)5-7-14/h3-8,11,19H,9-10H2,1-2H3. The van der Waals surface area contributed by atoms with Gasteiger partial charge in [0, 0.05) is 15.7 Å². The van der Waals surface area contributed by atoms with Crippen molar-refractivity contribution in [3.05, 3.63) is 53.1 Å². The number of halogens is 1. The van der Waals surface area contributed by atoms with E-state index < -0.39 is 16.0 Å². The number of ether oxygens (including phenoxy) is 2. The highest BCUT2D eigenvalue weighted by molar-refractivity contribution is 7.99. The molecule has 0 unspecified atom stereocenters. The first-order valence-corrected chi connectivity index (χ1v) is 10.4. The molecule has 2 aromatic rings. The molecule has 0 bridgehead atoms. The summed E-state index contributed by atoms with van der Waals surface area (Å²) >= 11 is 7.35. The molecule has 0 saturated heterocycles. The van der Waals surface area contributed by atoms with Crippen molar-refractivity contribution in [2.45, 2.75) is 9.79 Å². The van der Waals surface area contributed by atoms with Crippen LogP contribution in [0.4, 0.5) is 0 Å². The molecular formula is C17H18ClNO5S2. The number of benzene rings is 2. The topological polar surface area (TPSA) is 81.7 Å². The molecule has 0 aliphatic rings. The minimum atomic E-state index is -3.76. The summed E-state index contributed by atoms with van der Waals surface area (Å²) in [6.07, 6.45) is 0. The molecule has 0 radical (unpaired) electrons. The SMILES string of the molecule is CNS(=O)(=O)c1cc(C(=O)OCCSc2ccc(Cl)cc2)ccc1OC. The predicted molar refractivity (Wildman–Crippen MR) is 102 cm³/mol. The number of esters is 1. The summed E-state index contributed by atoms with van der Waals surface area (Å²) in [5.74, 6) is 0.108. The molecule has 2 rings (SSSR count). The van der Waals surface area contributed by atoms with Crippen molar-refractivity contribution in [2.24, 2.45) is 0 Å². The first-order chi connectivity index (χ1) is 12.4. The van der Waals surface area contributed by atoms with Gasteiger partial charge in [0.15, 0.2) is 0 Å². The average Bonchev–Trinajstić information content (AvgIpc) is 2.65. The van der Waals surface area contributed by atoms with Gasteiger partial charge in [-0.25, -0.2) is 17.9 Å². The number of hydrogen-bond acceptors (Lipinski definition) is 6. The van der Waals surface area contributed by atoms with Crippen LogP contribution in [0.3, 0.4) is 0 Å². The Bertz CT molecular complexity index is 869. The number of hydrogen-bond donors (Lipinski definition) is 1. The lowest BCUT2D eigenvalue weighted by Gasteiger charge is -2.11. The second-order valence-corrected chi connectivity index (χ2v) is 8.47. The fraction of sp³-hybridized carbons (Fsp3) is 0.235. The van der Waals surface area contributed by atoms with Gasteiger partial charge in [0.05, 0.1) is 12.7 Å². The molecule has 9 heteroatoms. The molecule has 2 aromatic carbocycles. The van der Waals surface area contributed by atoms with Gasteiger partial charge in [0.1, 0.15) is 17.3 Å². The number of sulfonamides is 1. The van der Waals surface area contributed by atoms with Crippen LogP contribution in [0.15, 0.2) is 52.3 Å². The monoisotopic (exact) mass is 415 g/mol. The highest BCUT2D eigenvalue weighted by Crippen LogP contribution is 2.25. The van der Waals surface area contributed by atoms with E-state index in [1.54, 1.807) is 12.1 Å². The lowest BCUT2D eigenvalue weighted by atomic mass is 10.2. The normalized spacial score (nSPS) is 11.2. The Balaban J connectivity index is 1.98. The smallest absolute Gasteiger partial charge is 0.338 e. The summed E-state index contributed by atoms with van der Waals surface area (Å²) in [6.45, 7) is 0.187. The van der Waals surface area contributed by atoms with Gasteiger partial charge >= 0.3 is 5.97 Å². The van der Waals surface area contributed by atoms with Crippen LogP contribution in [0, 0.1) is 0 Å². The van der Waals surface area contributed by atoms with E-state index in [0.717, 1.165) is 4.90 Å². The van der Waals surface area contributed by atoms with Gasteiger partial charge in [-0.1, -0.05) is 11.6 Å². The number of thioether (sulfide) groups is 1. The predicted octanol–water partition coefficient (Wildman–Crippen LogP) is 3.21. The maximum absolute atomic E-state index is 12.2. The van der Waals surface area contributed by atoms with Crippen molar-refractivity contribution >= 4 is 39.4 Å². The fourth-order valence-corrected chi connectivity index (χ4v) is 3.81. The van der Waals surface area contributed by atoms with Gasteiger partial charge < -0.3 is 9.47 Å². The number of carbonyl (C=O) groups excluding carboxylic acids is 1. The van der Waals surface area contributed by atoms with E-state index in [1.807, 2.05) is 12.1 Å². The van der Waals surface area contributed by atoms with Gasteiger partial charge in [-0.05, 0) is 49.5 Å². The molecule has 6 nitrogen and oxygen atoms in total. The third kappa shape index (κ3) is 5.38. The summed E-state index contributed by atoms with van der Waals surface area (Å²) < 4.78 is 36.5. The van der Waals surface area contributed by atoms with Crippen molar-refractivity contribution in [3.63, 3.8) is 0 Å². The maximum atomic E-state index is 12.2. The third-order valence-corrected chi connectivity index (χ3v) is 6.02. The van der Waals surface area contributed by atoms with E-state index in [-0.39, 0.29) is 22.8 Å². The van der Waals surface area contributed by atoms with Crippen molar-refractivity contribution in [2.75, 3.05) is 26.5 Å². The zero-order valence-corrected chi connectivity index (χ0v) is 16.6. The number of methoxy groups -OCH3 is 1. The summed E-state index contributed by atoms with van der Waals surface area (Å²) in [6, 6.07) is 11.5. The molecule has 1 N–H and O–H groups in total. The van der Waals surface area contributed by atoms with Gasteiger partial charge in [-0.3, -0.25) is 0 Å². The van der Waals surface area contributed by atoms with Crippen molar-refractivity contribution in [1.29, 1.82) is 0 Å². The first-order valence-electron chi connectivity index (χ1n) is 7.54. The summed E-state index contributed by atoms with van der Waals surface area (Å²) in [7, 11) is -1.12. The molecule has 0 atom stereocenters. The van der Waals surface area contributed by atoms with Crippen LogP contribution in [0.2, 0.25) is 5.02 Å². The molecule has 0 spiro atoms. The van der Waals surface area contributed by atoms with E-state index in [2.05, 4.69) is 4.72 Å². The van der Waals surface area contributed by atoms with Crippen LogP contribution in [-0.2, 0) is 14.8 Å². The van der Waals surface area contributed by atoms with Crippen LogP contribution in [0.25, 0.3) is 0 Å². The van der Waals surface area contributed by atoms with Crippen molar-refractivity contribution < 1.29 is 22.7 Å². The molecule has 0 aliphatic carbocycles. The quantitative estimate of drug-likeness (QED) is 0.405. The highest BCUT2D eigenvalue weighted by Gasteiger charge is 2.20. The zero-order valence-electron chi connectivity index (χ0n) is 14.2. The Labute approximate surface area is 161 Å². The summed E-state index contributed by atoms with van der Waals surface area (Å²) in [5, 5.41) is 0.660. The van der Waals surface area contributed by atoms with Crippen molar-refractivity contribution in [3.8, 4) is 5.75 Å². The van der Waals surface area contributed by atoms with Crippen LogP contribution in [0.1, 0.15) is 10.4 Å². The van der Waals surface area contributed by atoms with Crippen LogP contribution in [-0.4, -0.2) is 40.9 Å². The number of carbonyl (C=O) groups is 1. The summed E-state index contributed by atoms with van der Waals surface area (Å²) in [5.41, 5.74) is 0.135. The molecule has 0 aliphatic heterocycles. The maximum Gasteiger partial charge on any atom is 0.338 e. The Morgan fingerprint density at radius 3 is 2.50 bits per heavy atom. The Morgan fingerprint density at radius 2 is 1.88 bits per heavy atom. The van der Waals surface area contributed by atoms with Crippen LogP contribution >= 0.6 is 23.4 Å². The van der Waals surface area contributed by atoms with Crippen LogP contribution in [0.5, 0.6) is 5.75 Å². The zero-order chi connectivity index (χ0) is 19.2. The second kappa shape index (κ2) is 9.27. The lowest BCUT2D eigenvalue weighted by molar-refractivity contribution is 0.0530. The minimum absolute atomic E-state index is 0.118. The Morgan fingerprint density at radius 1 is 1.19 bits per heavy atom. The molecule has 0 saturated carbocycles. The largest absolute Gasteiger partial charge is 0.495 e. The molecule has 140 valence electrons. The highest BCUT2D eigenvalue weighted by atomic mass is 35.5. The average molecular weight is 416 g/mol. The van der Waals surface area contributed by atoms with Crippen molar-refractivity contribution in [1.82, 2.24) is 4.72 Å². The Hall–Kier alpha value is -1.74. The number of rotatable bonds is 8. The van der Waals surface area contributed by atoms with Crippen LogP contribution < -0.4 is 9.46 Å². The van der Waals surface area contributed by atoms with Gasteiger partial charge in [-0.2, -0.15) is 0 Å². The van der Waals surface area contributed by atoms with Gasteiger partial charge in [-0.15, -0.1) is 11.8 Å². The van der Waals surface area contributed by atoms with E-state index in [0.29, 0.717) is 10.8 Å². The fourth-order valence-electron chi connectivity index (χ4n) is 2.03. The third-order valence-electron chi connectivity index (χ3n) is 3.36. The second-order valence-electron chi connectivity index (χ2n) is 5.01. The van der Waals surface area contributed by atoms with Gasteiger partial charge in [0.25, 0.3) is 0 Å². The molecule has 0 aromatic heterocycles. The van der Waals surface area contributed by atoms with E-state index in [9.17, 15) is 13.2 Å². The molecule has 0 heterocycles. The van der Waals surface area contributed by atoms with E-state index in [1.165, 1.54) is 44.1 Å². The Kier molecular flexibility index (Phi) is 7.33. The molecule has 0 amide bonds. The number of nitrogens with one attached hydrogen (secondary N) is 1.